The number of rotatable bonds is 10. The standard InChI is InChI=1S/C23H28N4O4S2/c1-4-30-22(28)27(23(29)31-5-2)13-8-14-32-20-11-12-24-19(16(20)3)15-33-21-25-17-9-6-7-10-18(17)26-21/h6-7,9-12H,4-5,8,13-15H2,1-3H3,(H,25,26). The lowest BCUT2D eigenvalue weighted by atomic mass is 10.2. The van der Waals surface area contributed by atoms with Gasteiger partial charge in [-0.2, -0.15) is 0 Å². The molecular weight excluding hydrogens is 460 g/mol. The number of benzene rings is 1. The summed E-state index contributed by atoms with van der Waals surface area (Å²) in [5.41, 5.74) is 4.10. The van der Waals surface area contributed by atoms with Crippen LogP contribution in [0.1, 0.15) is 31.5 Å². The molecule has 0 bridgehead atoms. The van der Waals surface area contributed by atoms with Gasteiger partial charge in [-0.05, 0) is 56.7 Å². The number of imidazole rings is 1. The number of nitrogens with one attached hydrogen (secondary N) is 1. The molecule has 3 rings (SSSR count). The zero-order valence-electron chi connectivity index (χ0n) is 19.0. The van der Waals surface area contributed by atoms with Crippen LogP contribution in [-0.2, 0) is 15.2 Å². The molecule has 3 aromatic rings. The molecule has 0 atom stereocenters. The minimum Gasteiger partial charge on any atom is -0.449 e. The first-order valence-electron chi connectivity index (χ1n) is 10.8. The molecule has 2 heterocycles. The fourth-order valence-corrected chi connectivity index (χ4v) is 4.95. The predicted octanol–water partition coefficient (Wildman–Crippen LogP) is 5.66. The van der Waals surface area contributed by atoms with Crippen LogP contribution in [0.15, 0.2) is 46.6 Å². The van der Waals surface area contributed by atoms with Gasteiger partial charge >= 0.3 is 12.2 Å². The summed E-state index contributed by atoms with van der Waals surface area (Å²) in [5, 5.41) is 0.869. The maximum absolute atomic E-state index is 12.0. The number of nitrogens with zero attached hydrogens (tertiary/aromatic N) is 3. The summed E-state index contributed by atoms with van der Waals surface area (Å²) in [6.07, 6.45) is 1.08. The molecule has 10 heteroatoms. The average Bonchev–Trinajstić information content (AvgIpc) is 3.22. The SMILES string of the molecule is CCOC(=O)N(CCCSc1ccnc(CSc2nc3ccccc3[nH]2)c1C)C(=O)OCC. The molecule has 1 N–H and O–H groups in total. The molecule has 0 aliphatic carbocycles. The summed E-state index contributed by atoms with van der Waals surface area (Å²) in [5.74, 6) is 1.44. The van der Waals surface area contributed by atoms with Crippen molar-refractivity contribution in [1.82, 2.24) is 19.9 Å². The lowest BCUT2D eigenvalue weighted by Crippen LogP contribution is -2.38. The highest BCUT2D eigenvalue weighted by Gasteiger charge is 2.23. The number of hydrogen-bond donors (Lipinski definition) is 1. The van der Waals surface area contributed by atoms with E-state index in [0.717, 1.165) is 43.0 Å². The van der Waals surface area contributed by atoms with Crippen LogP contribution in [0.5, 0.6) is 0 Å². The van der Waals surface area contributed by atoms with Crippen LogP contribution in [0.3, 0.4) is 0 Å². The van der Waals surface area contributed by atoms with E-state index in [2.05, 4.69) is 21.9 Å². The molecule has 1 aromatic carbocycles. The van der Waals surface area contributed by atoms with Crippen molar-refractivity contribution in [2.24, 2.45) is 0 Å². The first-order chi connectivity index (χ1) is 16.0. The number of carbonyl (C=O) groups excluding carboxylic acids is 2. The number of aromatic nitrogens is 3. The highest BCUT2D eigenvalue weighted by molar-refractivity contribution is 7.99. The van der Waals surface area contributed by atoms with Crippen molar-refractivity contribution in [1.29, 1.82) is 0 Å². The monoisotopic (exact) mass is 488 g/mol. The Morgan fingerprint density at radius 2 is 1.79 bits per heavy atom. The van der Waals surface area contributed by atoms with Crippen molar-refractivity contribution in [3.05, 3.63) is 47.8 Å². The molecule has 0 saturated carbocycles. The molecule has 8 nitrogen and oxygen atoms in total. The number of imide groups is 1. The number of fused-ring (bicyclic) bond motifs is 1. The molecule has 0 unspecified atom stereocenters. The Morgan fingerprint density at radius 1 is 1.06 bits per heavy atom. The highest BCUT2D eigenvalue weighted by Crippen LogP contribution is 2.28. The third kappa shape index (κ3) is 6.88. The van der Waals surface area contributed by atoms with Crippen LogP contribution in [0, 0.1) is 6.92 Å². The molecule has 0 saturated heterocycles. The molecule has 33 heavy (non-hydrogen) atoms. The van der Waals surface area contributed by atoms with Crippen molar-refractivity contribution in [2.75, 3.05) is 25.5 Å². The Labute approximate surface area is 201 Å². The Bertz CT molecular complexity index is 1040. The number of para-hydroxylation sites is 2. The van der Waals surface area contributed by atoms with Gasteiger partial charge in [-0.1, -0.05) is 23.9 Å². The van der Waals surface area contributed by atoms with Gasteiger partial charge in [0, 0.05) is 23.4 Å². The minimum atomic E-state index is -0.675. The summed E-state index contributed by atoms with van der Waals surface area (Å²) in [4.78, 5) is 38.7. The van der Waals surface area contributed by atoms with Gasteiger partial charge in [-0.3, -0.25) is 4.98 Å². The predicted molar refractivity (Wildman–Crippen MR) is 131 cm³/mol. The third-order valence-electron chi connectivity index (χ3n) is 4.73. The fourth-order valence-electron chi connectivity index (χ4n) is 3.06. The van der Waals surface area contributed by atoms with Crippen molar-refractivity contribution in [3.63, 3.8) is 0 Å². The van der Waals surface area contributed by atoms with Gasteiger partial charge in [0.15, 0.2) is 5.16 Å². The van der Waals surface area contributed by atoms with Crippen LogP contribution in [-0.4, -0.2) is 57.5 Å². The number of carbonyl (C=O) groups is 2. The third-order valence-corrected chi connectivity index (χ3v) is 6.86. The lowest BCUT2D eigenvalue weighted by Gasteiger charge is -2.19. The molecule has 0 fully saturated rings. The second-order valence-corrected chi connectivity index (χ2v) is 9.08. The largest absolute Gasteiger partial charge is 0.449 e. The smallest absolute Gasteiger partial charge is 0.419 e. The average molecular weight is 489 g/mol. The van der Waals surface area contributed by atoms with E-state index in [1.165, 1.54) is 0 Å². The molecule has 2 aromatic heterocycles. The topological polar surface area (TPSA) is 97.4 Å². The van der Waals surface area contributed by atoms with Gasteiger partial charge in [-0.25, -0.2) is 19.5 Å². The number of amides is 2. The summed E-state index contributed by atoms with van der Waals surface area (Å²) in [6, 6.07) is 9.95. The first kappa shape index (κ1) is 24.9. The van der Waals surface area contributed by atoms with Gasteiger partial charge in [0.2, 0.25) is 0 Å². The molecular formula is C23H28N4O4S2. The number of aromatic amines is 1. The van der Waals surface area contributed by atoms with Crippen molar-refractivity contribution < 1.29 is 19.1 Å². The van der Waals surface area contributed by atoms with E-state index in [0.29, 0.717) is 12.2 Å². The molecule has 0 aliphatic heterocycles. The maximum Gasteiger partial charge on any atom is 0.419 e. The fraction of sp³-hybridized carbons (Fsp3) is 0.391. The van der Waals surface area contributed by atoms with E-state index in [4.69, 9.17) is 9.47 Å². The van der Waals surface area contributed by atoms with Gasteiger partial charge in [0.1, 0.15) is 0 Å². The molecule has 176 valence electrons. The molecule has 0 radical (unpaired) electrons. The van der Waals surface area contributed by atoms with E-state index < -0.39 is 12.2 Å². The number of pyridine rings is 1. The normalized spacial score (nSPS) is 10.9. The van der Waals surface area contributed by atoms with Gasteiger partial charge in [-0.15, -0.1) is 11.8 Å². The van der Waals surface area contributed by atoms with Gasteiger partial charge in [0.05, 0.1) is 29.9 Å². The van der Waals surface area contributed by atoms with Gasteiger partial charge < -0.3 is 14.5 Å². The van der Waals surface area contributed by atoms with Crippen LogP contribution < -0.4 is 0 Å². The van der Waals surface area contributed by atoms with E-state index >= 15 is 0 Å². The molecule has 0 spiro atoms. The number of hydrogen-bond acceptors (Lipinski definition) is 8. The second kappa shape index (κ2) is 12.5. The van der Waals surface area contributed by atoms with Crippen molar-refractivity contribution in [2.45, 2.75) is 43.0 Å². The number of H-pyrrole nitrogens is 1. The highest BCUT2D eigenvalue weighted by atomic mass is 32.2. The van der Waals surface area contributed by atoms with Crippen molar-refractivity contribution in [3.8, 4) is 0 Å². The number of ether oxygens (including phenoxy) is 2. The summed E-state index contributed by atoms with van der Waals surface area (Å²) >= 11 is 3.30. The van der Waals surface area contributed by atoms with Crippen LogP contribution in [0.2, 0.25) is 0 Å². The van der Waals surface area contributed by atoms with Gasteiger partial charge in [0.25, 0.3) is 0 Å². The quantitative estimate of drug-likeness (QED) is 0.289. The second-order valence-electron chi connectivity index (χ2n) is 6.98. The Morgan fingerprint density at radius 3 is 2.48 bits per heavy atom. The first-order valence-corrected chi connectivity index (χ1v) is 12.8. The maximum atomic E-state index is 12.0. The zero-order valence-corrected chi connectivity index (χ0v) is 20.6. The Kier molecular flexibility index (Phi) is 9.44. The Hall–Kier alpha value is -2.72. The van der Waals surface area contributed by atoms with E-state index in [-0.39, 0.29) is 19.8 Å². The molecule has 0 aliphatic rings. The summed E-state index contributed by atoms with van der Waals surface area (Å²) < 4.78 is 9.93. The van der Waals surface area contributed by atoms with Crippen LogP contribution >= 0.6 is 23.5 Å². The van der Waals surface area contributed by atoms with E-state index in [9.17, 15) is 9.59 Å². The molecule has 2 amide bonds. The number of thioether (sulfide) groups is 2. The Balaban J connectivity index is 1.54. The minimum absolute atomic E-state index is 0.203. The van der Waals surface area contributed by atoms with E-state index in [1.54, 1.807) is 37.4 Å². The van der Waals surface area contributed by atoms with E-state index in [1.807, 2.05) is 36.5 Å². The van der Waals surface area contributed by atoms with Crippen molar-refractivity contribution >= 4 is 46.7 Å². The lowest BCUT2D eigenvalue weighted by molar-refractivity contribution is 0.0815. The summed E-state index contributed by atoms with van der Waals surface area (Å²) in [6.45, 7) is 6.11. The zero-order chi connectivity index (χ0) is 23.6. The van der Waals surface area contributed by atoms with Crippen LogP contribution in [0.4, 0.5) is 9.59 Å². The van der Waals surface area contributed by atoms with Crippen LogP contribution in [0.25, 0.3) is 11.0 Å². The summed E-state index contributed by atoms with van der Waals surface area (Å²) in [7, 11) is 0.